The molecular weight excluding hydrogens is 270 g/mol. The summed E-state index contributed by atoms with van der Waals surface area (Å²) in [4.78, 5) is 27.2. The number of ketones is 1. The summed E-state index contributed by atoms with van der Waals surface area (Å²) in [6.45, 7) is 4.44. The molecule has 6 heteroatoms. The van der Waals surface area contributed by atoms with Gasteiger partial charge in [0.2, 0.25) is 0 Å². The molecule has 1 aliphatic heterocycles. The Morgan fingerprint density at radius 2 is 2.29 bits per heavy atom. The maximum absolute atomic E-state index is 12.2. The van der Waals surface area contributed by atoms with Crippen LogP contribution < -0.4 is 0 Å². The largest absolute Gasteiger partial charge is 0.353 e. The average Bonchev–Trinajstić information content (AvgIpc) is 2.85. The second-order valence-electron chi connectivity index (χ2n) is 5.81. The fraction of sp³-hybridized carbons (Fsp3) is 0.667. The van der Waals surface area contributed by atoms with Crippen molar-refractivity contribution in [3.8, 4) is 0 Å². The number of hydrogen-bond acceptors (Lipinski definition) is 4. The van der Waals surface area contributed by atoms with E-state index in [2.05, 4.69) is 16.8 Å². The zero-order valence-corrected chi connectivity index (χ0v) is 12.5. The van der Waals surface area contributed by atoms with Crippen LogP contribution in [0.2, 0.25) is 0 Å². The molecule has 1 unspecified atom stereocenters. The number of nitrogens with zero attached hydrogens (tertiary/aromatic N) is 2. The molecule has 1 aromatic heterocycles. The number of carbonyl (C=O) groups is 1. The van der Waals surface area contributed by atoms with E-state index in [1.54, 1.807) is 0 Å². The normalized spacial score (nSPS) is 20.1. The van der Waals surface area contributed by atoms with E-state index in [1.807, 2.05) is 0 Å². The zero-order valence-electron chi connectivity index (χ0n) is 12.5. The first-order valence-electron chi connectivity index (χ1n) is 7.68. The van der Waals surface area contributed by atoms with Crippen molar-refractivity contribution in [3.63, 3.8) is 0 Å². The second-order valence-corrected chi connectivity index (χ2v) is 5.81. The van der Waals surface area contributed by atoms with Gasteiger partial charge in [0.1, 0.15) is 0 Å². The van der Waals surface area contributed by atoms with Crippen molar-refractivity contribution in [2.24, 2.45) is 5.92 Å². The summed E-state index contributed by atoms with van der Waals surface area (Å²) < 4.78 is 0. The lowest BCUT2D eigenvalue weighted by Crippen LogP contribution is -2.31. The first-order chi connectivity index (χ1) is 10.1. The Hall–Kier alpha value is -1.69. The minimum absolute atomic E-state index is 0.0581. The third kappa shape index (κ3) is 4.39. The molecule has 1 fully saturated rings. The topological polar surface area (TPSA) is 79.2 Å². The Kier molecular flexibility index (Phi) is 5.50. The first kappa shape index (κ1) is 15.7. The van der Waals surface area contributed by atoms with E-state index in [-0.39, 0.29) is 11.5 Å². The predicted molar refractivity (Wildman–Crippen MR) is 80.5 cm³/mol. The average molecular weight is 293 g/mol. The smallest absolute Gasteiger partial charge is 0.287 e. The molecule has 1 aromatic rings. The third-order valence-electron chi connectivity index (χ3n) is 4.18. The molecule has 0 saturated carbocycles. The van der Waals surface area contributed by atoms with Crippen LogP contribution in [-0.2, 0) is 0 Å². The number of nitrogens with one attached hydrogen (secondary N) is 1. The van der Waals surface area contributed by atoms with Crippen LogP contribution in [0.3, 0.4) is 0 Å². The van der Waals surface area contributed by atoms with Gasteiger partial charge in [-0.25, -0.2) is 0 Å². The van der Waals surface area contributed by atoms with Gasteiger partial charge >= 0.3 is 0 Å². The number of Topliss-reactive ketones (excluding diaryl/α,β-unsaturated/α-hetero) is 1. The predicted octanol–water partition coefficient (Wildman–Crippen LogP) is 3.01. The Morgan fingerprint density at radius 1 is 1.48 bits per heavy atom. The molecule has 0 aromatic carbocycles. The van der Waals surface area contributed by atoms with E-state index in [0.717, 1.165) is 31.8 Å². The van der Waals surface area contributed by atoms with E-state index < -0.39 is 4.92 Å². The van der Waals surface area contributed by atoms with Crippen LogP contribution in [0.1, 0.15) is 49.5 Å². The number of likely N-dealkylation sites (tertiary alicyclic amines) is 1. The maximum Gasteiger partial charge on any atom is 0.287 e. The molecule has 1 aliphatic rings. The van der Waals surface area contributed by atoms with Crippen molar-refractivity contribution in [1.82, 2.24) is 9.88 Å². The number of hydrogen-bond donors (Lipinski definition) is 1. The van der Waals surface area contributed by atoms with Crippen molar-refractivity contribution in [2.45, 2.75) is 39.0 Å². The van der Waals surface area contributed by atoms with Gasteiger partial charge in [-0.15, -0.1) is 0 Å². The maximum atomic E-state index is 12.2. The Balaban J connectivity index is 1.88. The van der Waals surface area contributed by atoms with Crippen molar-refractivity contribution < 1.29 is 9.72 Å². The molecule has 0 amide bonds. The van der Waals surface area contributed by atoms with Crippen LogP contribution in [0.4, 0.5) is 5.69 Å². The van der Waals surface area contributed by atoms with E-state index in [9.17, 15) is 14.9 Å². The molecule has 6 nitrogen and oxygen atoms in total. The lowest BCUT2D eigenvalue weighted by molar-refractivity contribution is -0.384. The minimum Gasteiger partial charge on any atom is -0.353 e. The fourth-order valence-electron chi connectivity index (χ4n) is 3.02. The molecule has 1 atom stereocenters. The molecule has 21 heavy (non-hydrogen) atoms. The van der Waals surface area contributed by atoms with Crippen molar-refractivity contribution in [3.05, 3.63) is 28.1 Å². The second kappa shape index (κ2) is 7.36. The Bertz CT molecular complexity index is 498. The van der Waals surface area contributed by atoms with Gasteiger partial charge in [0, 0.05) is 6.07 Å². The molecular formula is C15H23N3O3. The molecule has 2 rings (SSSR count). The Labute approximate surface area is 124 Å². The molecule has 2 heterocycles. The standard InChI is InChI=1S/C15H23N3O3/c1-2-4-12-5-3-7-17(8-6-12)11-15(19)14-9-13(10-16-14)18(20)21/h9-10,12,16H,2-8,11H2,1H3. The van der Waals surface area contributed by atoms with Crippen LogP contribution in [0.5, 0.6) is 0 Å². The number of aromatic nitrogens is 1. The molecule has 0 radical (unpaired) electrons. The quantitative estimate of drug-likeness (QED) is 0.497. The van der Waals surface area contributed by atoms with Crippen LogP contribution in [0.25, 0.3) is 0 Å². The number of carbonyl (C=O) groups excluding carboxylic acids is 1. The van der Waals surface area contributed by atoms with Gasteiger partial charge in [0.15, 0.2) is 5.78 Å². The molecule has 116 valence electrons. The van der Waals surface area contributed by atoms with E-state index in [4.69, 9.17) is 0 Å². The van der Waals surface area contributed by atoms with E-state index in [1.165, 1.54) is 31.5 Å². The molecule has 0 spiro atoms. The van der Waals surface area contributed by atoms with Gasteiger partial charge in [0.25, 0.3) is 5.69 Å². The monoisotopic (exact) mass is 293 g/mol. The highest BCUT2D eigenvalue weighted by molar-refractivity contribution is 5.96. The number of rotatable bonds is 6. The van der Waals surface area contributed by atoms with E-state index in [0.29, 0.717) is 12.2 Å². The summed E-state index contributed by atoms with van der Waals surface area (Å²) >= 11 is 0. The summed E-state index contributed by atoms with van der Waals surface area (Å²) in [7, 11) is 0. The molecule has 1 saturated heterocycles. The van der Waals surface area contributed by atoms with Gasteiger partial charge in [-0.3, -0.25) is 19.8 Å². The van der Waals surface area contributed by atoms with Crippen LogP contribution >= 0.6 is 0 Å². The van der Waals surface area contributed by atoms with Gasteiger partial charge in [0.05, 0.1) is 23.4 Å². The van der Waals surface area contributed by atoms with Crippen molar-refractivity contribution >= 4 is 11.5 Å². The van der Waals surface area contributed by atoms with Gasteiger partial charge in [-0.2, -0.15) is 0 Å². The van der Waals surface area contributed by atoms with Gasteiger partial charge < -0.3 is 4.98 Å². The number of aromatic amines is 1. The summed E-state index contributed by atoms with van der Waals surface area (Å²) in [6, 6.07) is 1.32. The van der Waals surface area contributed by atoms with Crippen LogP contribution in [0.15, 0.2) is 12.3 Å². The minimum atomic E-state index is -0.492. The molecule has 0 aliphatic carbocycles. The van der Waals surface area contributed by atoms with Crippen LogP contribution in [0, 0.1) is 16.0 Å². The molecule has 1 N–H and O–H groups in total. The summed E-state index contributed by atoms with van der Waals surface area (Å²) in [6.07, 6.45) is 7.27. The van der Waals surface area contributed by atoms with Crippen molar-refractivity contribution in [2.75, 3.05) is 19.6 Å². The highest BCUT2D eigenvalue weighted by Gasteiger charge is 2.20. The number of H-pyrrole nitrogens is 1. The lowest BCUT2D eigenvalue weighted by atomic mass is 9.96. The zero-order chi connectivity index (χ0) is 15.2. The SMILES string of the molecule is CCCC1CCCN(CC(=O)c2cc([N+](=O)[O-])c[nH]2)CC1. The van der Waals surface area contributed by atoms with Crippen LogP contribution in [-0.4, -0.2) is 40.2 Å². The lowest BCUT2D eigenvalue weighted by Gasteiger charge is -2.18. The fourth-order valence-corrected chi connectivity index (χ4v) is 3.02. The first-order valence-corrected chi connectivity index (χ1v) is 7.68. The van der Waals surface area contributed by atoms with E-state index >= 15 is 0 Å². The Morgan fingerprint density at radius 3 is 2.95 bits per heavy atom. The highest BCUT2D eigenvalue weighted by atomic mass is 16.6. The van der Waals surface area contributed by atoms with Gasteiger partial charge in [-0.1, -0.05) is 19.8 Å². The highest BCUT2D eigenvalue weighted by Crippen LogP contribution is 2.22. The third-order valence-corrected chi connectivity index (χ3v) is 4.18. The summed E-state index contributed by atoms with van der Waals surface area (Å²) in [5.41, 5.74) is 0.272. The number of nitro groups is 1. The van der Waals surface area contributed by atoms with Gasteiger partial charge in [-0.05, 0) is 38.3 Å². The van der Waals surface area contributed by atoms with Crippen molar-refractivity contribution in [1.29, 1.82) is 0 Å². The summed E-state index contributed by atoms with van der Waals surface area (Å²) in [5, 5.41) is 10.6. The molecule has 0 bridgehead atoms. The summed E-state index contributed by atoms with van der Waals surface area (Å²) in [5.74, 6) is 0.707.